The van der Waals surface area contributed by atoms with Crippen molar-refractivity contribution in [2.45, 2.75) is 38.0 Å². The van der Waals surface area contributed by atoms with Gasteiger partial charge < -0.3 is 19.4 Å². The van der Waals surface area contributed by atoms with Crippen LogP contribution < -0.4 is 9.47 Å². The first kappa shape index (κ1) is 19.8. The summed E-state index contributed by atoms with van der Waals surface area (Å²) in [4.78, 5) is 6.04. The Balaban J connectivity index is 1.27. The Hall–Kier alpha value is -2.46. The molecule has 1 aliphatic heterocycles. The Labute approximate surface area is 173 Å². The van der Waals surface area contributed by atoms with Gasteiger partial charge in [0.05, 0.1) is 14.2 Å². The quantitative estimate of drug-likeness (QED) is 0.523. The van der Waals surface area contributed by atoms with Crippen molar-refractivity contribution in [3.05, 3.63) is 59.8 Å². The second-order valence-corrected chi connectivity index (χ2v) is 8.10. The number of aromatic amines is 1. The van der Waals surface area contributed by atoms with Crippen molar-refractivity contribution in [2.75, 3.05) is 33.9 Å². The van der Waals surface area contributed by atoms with E-state index >= 15 is 0 Å². The van der Waals surface area contributed by atoms with Crippen molar-refractivity contribution >= 4 is 10.9 Å². The molecule has 154 valence electrons. The summed E-state index contributed by atoms with van der Waals surface area (Å²) in [7, 11) is 3.45. The first-order valence-electron chi connectivity index (χ1n) is 10.8. The van der Waals surface area contributed by atoms with Gasteiger partial charge in [-0.2, -0.15) is 0 Å². The summed E-state index contributed by atoms with van der Waals surface area (Å²) in [5.74, 6) is 2.52. The number of unbranched alkanes of at least 4 members (excludes halogenated alkanes) is 1. The molecule has 3 aromatic rings. The number of ether oxygens (including phenoxy) is 2. The molecule has 0 saturated carbocycles. The number of methoxy groups -OCH3 is 2. The molecule has 0 aliphatic carbocycles. The predicted octanol–water partition coefficient (Wildman–Crippen LogP) is 5.39. The molecule has 0 amide bonds. The third-order valence-corrected chi connectivity index (χ3v) is 6.24. The summed E-state index contributed by atoms with van der Waals surface area (Å²) in [6, 6.07) is 14.9. The average Bonchev–Trinajstić information content (AvgIpc) is 3.19. The summed E-state index contributed by atoms with van der Waals surface area (Å²) in [5, 5.41) is 1.29. The summed E-state index contributed by atoms with van der Waals surface area (Å²) in [6.07, 6.45) is 8.31. The van der Waals surface area contributed by atoms with Gasteiger partial charge in [-0.3, -0.25) is 0 Å². The molecule has 1 N–H and O–H groups in total. The SMILES string of the molecule is COc1ccc(C2CCCN(CCCCc3c[nH]c4ccc(OC)cc34)C2)cc1. The molecular weight excluding hydrogens is 360 g/mol. The summed E-state index contributed by atoms with van der Waals surface area (Å²) < 4.78 is 10.7. The highest BCUT2D eigenvalue weighted by atomic mass is 16.5. The van der Waals surface area contributed by atoms with Crippen LogP contribution in [0.4, 0.5) is 0 Å². The normalized spacial score (nSPS) is 17.5. The molecule has 0 bridgehead atoms. The summed E-state index contributed by atoms with van der Waals surface area (Å²) >= 11 is 0. The molecule has 4 rings (SSSR count). The van der Waals surface area contributed by atoms with Crippen LogP contribution in [0.1, 0.15) is 42.7 Å². The third kappa shape index (κ3) is 4.76. The number of H-pyrrole nitrogens is 1. The van der Waals surface area contributed by atoms with Gasteiger partial charge in [0.2, 0.25) is 0 Å². The van der Waals surface area contributed by atoms with Crippen LogP contribution in [0.15, 0.2) is 48.7 Å². The van der Waals surface area contributed by atoms with Crippen LogP contribution in [0.5, 0.6) is 11.5 Å². The third-order valence-electron chi connectivity index (χ3n) is 6.24. The van der Waals surface area contributed by atoms with Gasteiger partial charge >= 0.3 is 0 Å². The number of nitrogens with one attached hydrogen (secondary N) is 1. The van der Waals surface area contributed by atoms with Crippen LogP contribution in [0.3, 0.4) is 0 Å². The van der Waals surface area contributed by atoms with Gasteiger partial charge in [-0.1, -0.05) is 12.1 Å². The van der Waals surface area contributed by atoms with Gasteiger partial charge in [0, 0.05) is 23.6 Å². The van der Waals surface area contributed by atoms with Gasteiger partial charge in [0.1, 0.15) is 11.5 Å². The zero-order valence-corrected chi connectivity index (χ0v) is 17.6. The molecule has 4 heteroatoms. The lowest BCUT2D eigenvalue weighted by atomic mass is 9.90. The molecule has 1 fully saturated rings. The summed E-state index contributed by atoms with van der Waals surface area (Å²) in [6.45, 7) is 3.60. The molecule has 2 aromatic carbocycles. The number of benzene rings is 2. The van der Waals surface area contributed by atoms with Gasteiger partial charge in [-0.25, -0.2) is 0 Å². The van der Waals surface area contributed by atoms with Crippen LogP contribution in [0, 0.1) is 0 Å². The van der Waals surface area contributed by atoms with Gasteiger partial charge in [0.25, 0.3) is 0 Å². The van der Waals surface area contributed by atoms with Crippen molar-refractivity contribution in [3.8, 4) is 11.5 Å². The Bertz CT molecular complexity index is 916. The van der Waals surface area contributed by atoms with E-state index < -0.39 is 0 Å². The number of nitrogens with zero attached hydrogens (tertiary/aromatic N) is 1. The number of piperidine rings is 1. The van der Waals surface area contributed by atoms with Crippen LogP contribution in [0.2, 0.25) is 0 Å². The Morgan fingerprint density at radius 3 is 2.59 bits per heavy atom. The van der Waals surface area contributed by atoms with Crippen LogP contribution in [-0.4, -0.2) is 43.7 Å². The van der Waals surface area contributed by atoms with E-state index in [0.29, 0.717) is 5.92 Å². The van der Waals surface area contributed by atoms with E-state index in [4.69, 9.17) is 9.47 Å². The van der Waals surface area contributed by atoms with E-state index in [9.17, 15) is 0 Å². The van der Waals surface area contributed by atoms with E-state index in [-0.39, 0.29) is 0 Å². The smallest absolute Gasteiger partial charge is 0.119 e. The van der Waals surface area contributed by atoms with E-state index in [0.717, 1.165) is 17.9 Å². The Morgan fingerprint density at radius 1 is 1.00 bits per heavy atom. The maximum Gasteiger partial charge on any atom is 0.119 e. The minimum atomic E-state index is 0.649. The van der Waals surface area contributed by atoms with Crippen LogP contribution >= 0.6 is 0 Å². The molecule has 1 unspecified atom stereocenters. The number of aromatic nitrogens is 1. The van der Waals surface area contributed by atoms with E-state index in [1.165, 1.54) is 67.3 Å². The van der Waals surface area contributed by atoms with Crippen molar-refractivity contribution in [3.63, 3.8) is 0 Å². The second kappa shape index (κ2) is 9.36. The fourth-order valence-electron chi connectivity index (χ4n) is 4.55. The second-order valence-electron chi connectivity index (χ2n) is 8.10. The van der Waals surface area contributed by atoms with Crippen molar-refractivity contribution in [1.29, 1.82) is 0 Å². The zero-order chi connectivity index (χ0) is 20.1. The molecular formula is C25H32N2O2. The van der Waals surface area contributed by atoms with Gasteiger partial charge in [0.15, 0.2) is 0 Å². The molecule has 0 spiro atoms. The lowest BCUT2D eigenvalue weighted by Crippen LogP contribution is -2.35. The molecule has 29 heavy (non-hydrogen) atoms. The topological polar surface area (TPSA) is 37.5 Å². The fraction of sp³-hybridized carbons (Fsp3) is 0.440. The molecule has 1 aliphatic rings. The van der Waals surface area contributed by atoms with Crippen molar-refractivity contribution in [1.82, 2.24) is 9.88 Å². The lowest BCUT2D eigenvalue weighted by Gasteiger charge is -2.33. The standard InChI is InChI=1S/C25H32N2O2/c1-28-22-10-8-19(9-11-22)21-7-5-15-27(18-21)14-4-3-6-20-17-26-25-13-12-23(29-2)16-24(20)25/h8-13,16-17,21,26H,3-7,14-15,18H2,1-2H3. The van der Waals surface area contributed by atoms with E-state index in [1.54, 1.807) is 14.2 Å². The van der Waals surface area contributed by atoms with Gasteiger partial charge in [-0.05, 0) is 92.6 Å². The highest BCUT2D eigenvalue weighted by molar-refractivity contribution is 5.84. The van der Waals surface area contributed by atoms with E-state index in [2.05, 4.69) is 52.5 Å². The van der Waals surface area contributed by atoms with Gasteiger partial charge in [-0.15, -0.1) is 0 Å². The van der Waals surface area contributed by atoms with Crippen LogP contribution in [0.25, 0.3) is 10.9 Å². The Morgan fingerprint density at radius 2 is 1.79 bits per heavy atom. The highest BCUT2D eigenvalue weighted by Crippen LogP contribution is 2.29. The first-order valence-corrected chi connectivity index (χ1v) is 10.8. The molecule has 4 nitrogen and oxygen atoms in total. The largest absolute Gasteiger partial charge is 0.497 e. The number of hydrogen-bond acceptors (Lipinski definition) is 3. The first-order chi connectivity index (χ1) is 14.3. The molecule has 0 radical (unpaired) electrons. The maximum absolute atomic E-state index is 5.38. The maximum atomic E-state index is 5.38. The number of fused-ring (bicyclic) bond motifs is 1. The monoisotopic (exact) mass is 392 g/mol. The lowest BCUT2D eigenvalue weighted by molar-refractivity contribution is 0.204. The van der Waals surface area contributed by atoms with E-state index in [1.807, 2.05) is 6.07 Å². The summed E-state index contributed by atoms with van der Waals surface area (Å²) in [5.41, 5.74) is 4.04. The molecule has 1 atom stereocenters. The van der Waals surface area contributed by atoms with Crippen LogP contribution in [-0.2, 0) is 6.42 Å². The number of likely N-dealkylation sites (tertiary alicyclic amines) is 1. The minimum Gasteiger partial charge on any atom is -0.497 e. The molecule has 1 saturated heterocycles. The highest BCUT2D eigenvalue weighted by Gasteiger charge is 2.21. The molecule has 1 aromatic heterocycles. The number of aryl methyl sites for hydroxylation is 1. The fourth-order valence-corrected chi connectivity index (χ4v) is 4.55. The minimum absolute atomic E-state index is 0.649. The predicted molar refractivity (Wildman–Crippen MR) is 119 cm³/mol. The number of hydrogen-bond donors (Lipinski definition) is 1. The van der Waals surface area contributed by atoms with Crippen molar-refractivity contribution in [2.24, 2.45) is 0 Å². The Kier molecular flexibility index (Phi) is 6.40. The average molecular weight is 393 g/mol. The zero-order valence-electron chi connectivity index (χ0n) is 17.6. The molecule has 2 heterocycles. The number of rotatable bonds is 8. The van der Waals surface area contributed by atoms with Crippen molar-refractivity contribution < 1.29 is 9.47 Å².